The predicted octanol–water partition coefficient (Wildman–Crippen LogP) is 3.88. The summed E-state index contributed by atoms with van der Waals surface area (Å²) in [4.78, 5) is 14.9. The molecule has 0 spiro atoms. The number of methoxy groups -OCH3 is 1. The smallest absolute Gasteiger partial charge is 0.243 e. The van der Waals surface area contributed by atoms with Crippen LogP contribution >= 0.6 is 0 Å². The lowest BCUT2D eigenvalue weighted by Gasteiger charge is -2.32. The average molecular weight is 445 g/mol. The van der Waals surface area contributed by atoms with Gasteiger partial charge in [-0.1, -0.05) is 38.1 Å². The van der Waals surface area contributed by atoms with Crippen LogP contribution in [0.3, 0.4) is 0 Å². The van der Waals surface area contributed by atoms with Crippen molar-refractivity contribution in [3.8, 4) is 5.75 Å². The Morgan fingerprint density at radius 2 is 1.77 bits per heavy atom. The van der Waals surface area contributed by atoms with E-state index in [4.69, 9.17) is 4.74 Å². The average Bonchev–Trinajstić information content (AvgIpc) is 2.78. The van der Waals surface area contributed by atoms with E-state index in [1.54, 1.807) is 31.2 Å². The Hall–Kier alpha value is -2.38. The molecule has 0 bridgehead atoms. The summed E-state index contributed by atoms with van der Waals surface area (Å²) in [5, 5.41) is 0. The molecule has 0 atom stereocenters. The second kappa shape index (κ2) is 9.83. The molecule has 0 saturated carbocycles. The van der Waals surface area contributed by atoms with E-state index >= 15 is 0 Å². The highest BCUT2D eigenvalue weighted by molar-refractivity contribution is 7.89. The van der Waals surface area contributed by atoms with Gasteiger partial charge in [0, 0.05) is 32.6 Å². The number of amides is 1. The van der Waals surface area contributed by atoms with Gasteiger partial charge in [0.25, 0.3) is 0 Å². The Kier molecular flexibility index (Phi) is 7.38. The number of nitrogens with zero attached hydrogens (tertiary/aromatic N) is 2. The number of rotatable bonds is 7. The highest BCUT2D eigenvalue weighted by atomic mass is 32.2. The van der Waals surface area contributed by atoms with E-state index < -0.39 is 10.0 Å². The number of hydrogen-bond acceptors (Lipinski definition) is 4. The van der Waals surface area contributed by atoms with Gasteiger partial charge in [0.15, 0.2) is 0 Å². The van der Waals surface area contributed by atoms with Crippen LogP contribution in [-0.2, 0) is 21.4 Å². The van der Waals surface area contributed by atoms with Crippen LogP contribution in [-0.4, -0.2) is 50.8 Å². The largest absolute Gasteiger partial charge is 0.497 e. The molecule has 0 unspecified atom stereocenters. The maximum absolute atomic E-state index is 13.0. The fourth-order valence-corrected chi connectivity index (χ4v) is 5.42. The van der Waals surface area contributed by atoms with E-state index in [1.165, 1.54) is 4.31 Å². The molecule has 1 heterocycles. The van der Waals surface area contributed by atoms with E-state index in [9.17, 15) is 13.2 Å². The molecule has 1 fully saturated rings. The molecule has 1 amide bonds. The molecule has 7 heteroatoms. The quantitative estimate of drug-likeness (QED) is 0.650. The first-order chi connectivity index (χ1) is 14.7. The first kappa shape index (κ1) is 23.3. The van der Waals surface area contributed by atoms with Gasteiger partial charge in [-0.3, -0.25) is 4.79 Å². The zero-order chi connectivity index (χ0) is 22.6. The van der Waals surface area contributed by atoms with Crippen molar-refractivity contribution in [1.29, 1.82) is 0 Å². The van der Waals surface area contributed by atoms with Gasteiger partial charge in [0.2, 0.25) is 15.9 Å². The number of ether oxygens (including phenoxy) is 1. The molecule has 168 valence electrons. The summed E-state index contributed by atoms with van der Waals surface area (Å²) in [5.41, 5.74) is 2.11. The maximum Gasteiger partial charge on any atom is 0.243 e. The molecular weight excluding hydrogens is 412 g/mol. The van der Waals surface area contributed by atoms with Gasteiger partial charge in [0.05, 0.1) is 12.0 Å². The molecule has 3 rings (SSSR count). The van der Waals surface area contributed by atoms with Gasteiger partial charge in [-0.25, -0.2) is 8.42 Å². The van der Waals surface area contributed by atoms with Crippen LogP contribution in [0.15, 0.2) is 53.4 Å². The topological polar surface area (TPSA) is 66.9 Å². The molecule has 0 radical (unpaired) electrons. The Morgan fingerprint density at radius 3 is 2.35 bits per heavy atom. The first-order valence-corrected chi connectivity index (χ1v) is 12.1. The Balaban J connectivity index is 1.59. The number of piperidine rings is 1. The predicted molar refractivity (Wildman–Crippen MR) is 121 cm³/mol. The minimum atomic E-state index is -3.54. The zero-order valence-corrected chi connectivity index (χ0v) is 19.6. The van der Waals surface area contributed by atoms with E-state index in [-0.39, 0.29) is 11.8 Å². The van der Waals surface area contributed by atoms with Crippen molar-refractivity contribution in [3.05, 3.63) is 59.7 Å². The van der Waals surface area contributed by atoms with Crippen LogP contribution < -0.4 is 4.74 Å². The third kappa shape index (κ3) is 5.46. The van der Waals surface area contributed by atoms with Crippen LogP contribution in [0.2, 0.25) is 0 Å². The zero-order valence-electron chi connectivity index (χ0n) is 18.7. The van der Waals surface area contributed by atoms with Crippen LogP contribution in [0.4, 0.5) is 0 Å². The van der Waals surface area contributed by atoms with E-state index in [2.05, 4.69) is 13.8 Å². The van der Waals surface area contributed by atoms with E-state index in [0.29, 0.717) is 43.3 Å². The summed E-state index contributed by atoms with van der Waals surface area (Å²) in [6.07, 6.45) is 1.06. The normalized spacial score (nSPS) is 15.8. The lowest BCUT2D eigenvalue weighted by molar-refractivity contribution is -0.135. The molecule has 2 aromatic rings. The fraction of sp³-hybridized carbons (Fsp3) is 0.458. The molecule has 0 N–H and O–H groups in total. The number of hydrogen-bond donors (Lipinski definition) is 0. The molecule has 1 saturated heterocycles. The molecule has 31 heavy (non-hydrogen) atoms. The lowest BCUT2D eigenvalue weighted by Crippen LogP contribution is -2.43. The van der Waals surface area contributed by atoms with E-state index in [1.807, 2.05) is 36.4 Å². The van der Waals surface area contributed by atoms with Crippen molar-refractivity contribution >= 4 is 15.9 Å². The van der Waals surface area contributed by atoms with E-state index in [0.717, 1.165) is 16.9 Å². The molecule has 0 aliphatic carbocycles. The van der Waals surface area contributed by atoms with Gasteiger partial charge in [0.1, 0.15) is 5.75 Å². The fourth-order valence-electron chi connectivity index (χ4n) is 3.95. The lowest BCUT2D eigenvalue weighted by atomic mass is 9.96. The highest BCUT2D eigenvalue weighted by Crippen LogP contribution is 2.26. The van der Waals surface area contributed by atoms with Crippen molar-refractivity contribution in [3.63, 3.8) is 0 Å². The van der Waals surface area contributed by atoms with Crippen molar-refractivity contribution in [1.82, 2.24) is 9.21 Å². The van der Waals surface area contributed by atoms with Crippen LogP contribution in [0.25, 0.3) is 0 Å². The van der Waals surface area contributed by atoms with Crippen molar-refractivity contribution in [2.24, 2.45) is 5.92 Å². The second-order valence-electron chi connectivity index (χ2n) is 8.45. The van der Waals surface area contributed by atoms with Crippen molar-refractivity contribution in [2.45, 2.75) is 44.0 Å². The first-order valence-electron chi connectivity index (χ1n) is 10.7. The van der Waals surface area contributed by atoms with Gasteiger partial charge >= 0.3 is 0 Å². The monoisotopic (exact) mass is 444 g/mol. The summed E-state index contributed by atoms with van der Waals surface area (Å²) in [7, 11) is -0.123. The third-order valence-corrected chi connectivity index (χ3v) is 7.83. The molecule has 2 aromatic carbocycles. The van der Waals surface area contributed by atoms with Crippen molar-refractivity contribution in [2.75, 3.05) is 27.2 Å². The van der Waals surface area contributed by atoms with Crippen LogP contribution in [0, 0.1) is 5.92 Å². The summed E-state index contributed by atoms with van der Waals surface area (Å²) < 4.78 is 32.7. The SMILES string of the molecule is COc1cccc(CN(C)C(=O)C2CCN(S(=O)(=O)c3ccc(C(C)C)cc3)CC2)c1. The number of carbonyl (C=O) groups excluding carboxylic acids is 1. The van der Waals surface area contributed by atoms with Gasteiger partial charge in [-0.2, -0.15) is 4.31 Å². The van der Waals surface area contributed by atoms with Crippen molar-refractivity contribution < 1.29 is 17.9 Å². The number of benzene rings is 2. The summed E-state index contributed by atoms with van der Waals surface area (Å²) in [5.74, 6) is 1.01. The number of carbonyl (C=O) groups is 1. The minimum absolute atomic E-state index is 0.0566. The Bertz CT molecular complexity index is 994. The van der Waals surface area contributed by atoms with Crippen LogP contribution in [0.1, 0.15) is 43.7 Å². The van der Waals surface area contributed by atoms with Gasteiger partial charge in [-0.05, 0) is 54.2 Å². The molecule has 1 aliphatic heterocycles. The highest BCUT2D eigenvalue weighted by Gasteiger charge is 2.33. The third-order valence-electron chi connectivity index (χ3n) is 5.92. The minimum Gasteiger partial charge on any atom is -0.497 e. The number of sulfonamides is 1. The maximum atomic E-state index is 13.0. The molecule has 6 nitrogen and oxygen atoms in total. The summed E-state index contributed by atoms with van der Waals surface area (Å²) >= 11 is 0. The molecule has 1 aliphatic rings. The summed E-state index contributed by atoms with van der Waals surface area (Å²) in [6, 6.07) is 14.8. The Morgan fingerprint density at radius 1 is 1.13 bits per heavy atom. The van der Waals surface area contributed by atoms with Gasteiger partial charge in [-0.15, -0.1) is 0 Å². The second-order valence-corrected chi connectivity index (χ2v) is 10.4. The standard InChI is InChI=1S/C24H32N2O4S/c1-18(2)20-8-10-23(11-9-20)31(28,29)26-14-12-21(13-15-26)24(27)25(3)17-19-6-5-7-22(16-19)30-4/h5-11,16,18,21H,12-15,17H2,1-4H3. The van der Waals surface area contributed by atoms with Gasteiger partial charge < -0.3 is 9.64 Å². The van der Waals surface area contributed by atoms with Crippen LogP contribution in [0.5, 0.6) is 5.75 Å². The molecular formula is C24H32N2O4S. The Labute approximate surface area is 185 Å². The molecule has 0 aromatic heterocycles. The summed E-state index contributed by atoms with van der Waals surface area (Å²) in [6.45, 7) is 5.37.